The van der Waals surface area contributed by atoms with Gasteiger partial charge in [0.2, 0.25) is 0 Å². The second-order valence-electron chi connectivity index (χ2n) is 5.37. The monoisotopic (exact) mass is 326 g/mol. The van der Waals surface area contributed by atoms with Crippen LogP contribution in [0.3, 0.4) is 0 Å². The number of carboxylic acids is 1. The van der Waals surface area contributed by atoms with Crippen LogP contribution < -0.4 is 0 Å². The number of halogens is 2. The Morgan fingerprint density at radius 1 is 1.21 bits per heavy atom. The summed E-state index contributed by atoms with van der Waals surface area (Å²) in [6.45, 7) is 0. The van der Waals surface area contributed by atoms with E-state index in [2.05, 4.69) is 4.98 Å². The molecule has 0 aliphatic heterocycles. The fraction of sp³-hybridized carbons (Fsp3) is 0.111. The van der Waals surface area contributed by atoms with Crippen LogP contribution in [0.15, 0.2) is 36.4 Å². The van der Waals surface area contributed by atoms with Gasteiger partial charge in [0.15, 0.2) is 0 Å². The maximum absolute atomic E-state index is 14.0. The van der Waals surface area contributed by atoms with Crippen LogP contribution in [-0.4, -0.2) is 16.1 Å². The maximum atomic E-state index is 14.0. The van der Waals surface area contributed by atoms with E-state index in [1.165, 1.54) is 6.07 Å². The van der Waals surface area contributed by atoms with E-state index in [0.29, 0.717) is 27.8 Å². The molecule has 120 valence electrons. The Hall–Kier alpha value is -3.20. The molecule has 2 aromatic carbocycles. The molecule has 1 heterocycles. The van der Waals surface area contributed by atoms with Crippen molar-refractivity contribution in [3.8, 4) is 17.3 Å². The molecule has 0 spiro atoms. The van der Waals surface area contributed by atoms with Gasteiger partial charge in [0.05, 0.1) is 17.1 Å². The van der Waals surface area contributed by atoms with Crippen molar-refractivity contribution in [2.75, 3.05) is 0 Å². The number of benzene rings is 2. The summed E-state index contributed by atoms with van der Waals surface area (Å²) >= 11 is 0. The van der Waals surface area contributed by atoms with Crippen molar-refractivity contribution in [1.29, 1.82) is 5.26 Å². The number of carbonyl (C=O) groups is 1. The van der Waals surface area contributed by atoms with Crippen molar-refractivity contribution >= 4 is 16.9 Å². The normalized spacial score (nSPS) is 10.7. The van der Waals surface area contributed by atoms with Gasteiger partial charge in [-0.05, 0) is 35.7 Å². The van der Waals surface area contributed by atoms with Crippen LogP contribution in [0.1, 0.15) is 17.5 Å². The third kappa shape index (κ3) is 2.84. The van der Waals surface area contributed by atoms with E-state index in [1.54, 1.807) is 24.3 Å². The van der Waals surface area contributed by atoms with Crippen LogP contribution in [0, 0.1) is 23.0 Å². The van der Waals surface area contributed by atoms with Crippen LogP contribution in [-0.2, 0) is 11.2 Å². The molecule has 0 amide bonds. The van der Waals surface area contributed by atoms with Gasteiger partial charge in [-0.25, -0.2) is 8.78 Å². The van der Waals surface area contributed by atoms with Gasteiger partial charge in [0.25, 0.3) is 0 Å². The summed E-state index contributed by atoms with van der Waals surface area (Å²) in [6, 6.07) is 10.6. The number of nitrogens with zero attached hydrogens (tertiary/aromatic N) is 1. The maximum Gasteiger partial charge on any atom is 0.303 e. The van der Waals surface area contributed by atoms with Gasteiger partial charge < -0.3 is 10.1 Å². The molecule has 3 rings (SSSR count). The Labute approximate surface area is 136 Å². The average molecular weight is 326 g/mol. The van der Waals surface area contributed by atoms with Crippen molar-refractivity contribution in [1.82, 2.24) is 4.98 Å². The highest BCUT2D eigenvalue weighted by Gasteiger charge is 2.17. The zero-order valence-corrected chi connectivity index (χ0v) is 12.4. The largest absolute Gasteiger partial charge is 0.481 e. The fourth-order valence-corrected chi connectivity index (χ4v) is 2.72. The number of aromatic nitrogens is 1. The van der Waals surface area contributed by atoms with Gasteiger partial charge >= 0.3 is 5.97 Å². The molecule has 0 atom stereocenters. The van der Waals surface area contributed by atoms with E-state index in [1.807, 2.05) is 6.07 Å². The molecule has 2 N–H and O–H groups in total. The lowest BCUT2D eigenvalue weighted by molar-refractivity contribution is -0.136. The lowest BCUT2D eigenvalue weighted by Gasteiger charge is -2.04. The highest BCUT2D eigenvalue weighted by atomic mass is 19.1. The van der Waals surface area contributed by atoms with E-state index >= 15 is 0 Å². The molecular formula is C18H12F2N2O2. The van der Waals surface area contributed by atoms with E-state index in [4.69, 9.17) is 10.4 Å². The average Bonchev–Trinajstić information content (AvgIpc) is 2.91. The standard InChI is InChI=1S/C18H12F2N2O2/c19-12-7-14-13(5-6-16(23)24)17(22-18(14)15(20)8-12)11-3-1-10(9-21)2-4-11/h1-4,7-8,22H,5-6H2,(H,23,24). The number of fused-ring (bicyclic) bond motifs is 1. The van der Waals surface area contributed by atoms with Crippen LogP contribution in [0.2, 0.25) is 0 Å². The zero-order valence-electron chi connectivity index (χ0n) is 12.4. The van der Waals surface area contributed by atoms with Crippen LogP contribution in [0.5, 0.6) is 0 Å². The minimum absolute atomic E-state index is 0.133. The second-order valence-corrected chi connectivity index (χ2v) is 5.37. The molecule has 4 nitrogen and oxygen atoms in total. The molecule has 0 aliphatic rings. The molecular weight excluding hydrogens is 314 g/mol. The molecule has 0 radical (unpaired) electrons. The number of aliphatic carboxylic acids is 1. The Kier molecular flexibility index (Phi) is 4.00. The van der Waals surface area contributed by atoms with Crippen LogP contribution >= 0.6 is 0 Å². The predicted molar refractivity (Wildman–Crippen MR) is 84.3 cm³/mol. The minimum Gasteiger partial charge on any atom is -0.481 e. The van der Waals surface area contributed by atoms with Gasteiger partial charge in [-0.15, -0.1) is 0 Å². The number of aromatic amines is 1. The molecule has 24 heavy (non-hydrogen) atoms. The second kappa shape index (κ2) is 6.13. The van der Waals surface area contributed by atoms with Crippen molar-refractivity contribution < 1.29 is 18.7 Å². The number of aryl methyl sites for hydroxylation is 1. The molecule has 0 saturated heterocycles. The number of rotatable bonds is 4. The topological polar surface area (TPSA) is 76.9 Å². The Balaban J connectivity index is 2.21. The first-order chi connectivity index (χ1) is 11.5. The van der Waals surface area contributed by atoms with Crippen molar-refractivity contribution in [2.24, 2.45) is 0 Å². The third-order valence-corrected chi connectivity index (χ3v) is 3.82. The van der Waals surface area contributed by atoms with Gasteiger partial charge in [0, 0.05) is 23.6 Å². The van der Waals surface area contributed by atoms with Gasteiger partial charge in [-0.1, -0.05) is 12.1 Å². The summed E-state index contributed by atoms with van der Waals surface area (Å²) in [5.74, 6) is -2.45. The number of nitrogens with one attached hydrogen (secondary N) is 1. The number of nitriles is 1. The predicted octanol–water partition coefficient (Wildman–Crippen LogP) is 4.00. The number of hydrogen-bond acceptors (Lipinski definition) is 2. The first-order valence-electron chi connectivity index (χ1n) is 7.21. The molecule has 0 saturated carbocycles. The Morgan fingerprint density at radius 3 is 2.54 bits per heavy atom. The molecule has 0 bridgehead atoms. The van der Waals surface area contributed by atoms with Crippen LogP contribution in [0.4, 0.5) is 8.78 Å². The number of carboxylic acid groups (broad SMARTS) is 1. The SMILES string of the molecule is N#Cc1ccc(-c2[nH]c3c(F)cc(F)cc3c2CCC(=O)O)cc1. The van der Waals surface area contributed by atoms with Crippen molar-refractivity contribution in [3.05, 3.63) is 59.2 Å². The molecule has 0 aliphatic carbocycles. The summed E-state index contributed by atoms with van der Waals surface area (Å²) in [5.41, 5.74) is 2.34. The first kappa shape index (κ1) is 15.7. The molecule has 0 unspecified atom stereocenters. The Bertz CT molecular complexity index is 969. The van der Waals surface area contributed by atoms with Crippen LogP contribution in [0.25, 0.3) is 22.2 Å². The van der Waals surface area contributed by atoms with E-state index in [9.17, 15) is 13.6 Å². The zero-order chi connectivity index (χ0) is 17.3. The van der Waals surface area contributed by atoms with Gasteiger partial charge in [0.1, 0.15) is 11.6 Å². The highest BCUT2D eigenvalue weighted by molar-refractivity contribution is 5.91. The third-order valence-electron chi connectivity index (χ3n) is 3.82. The lowest BCUT2D eigenvalue weighted by Crippen LogP contribution is -1.98. The smallest absolute Gasteiger partial charge is 0.303 e. The fourth-order valence-electron chi connectivity index (χ4n) is 2.72. The molecule has 6 heteroatoms. The van der Waals surface area contributed by atoms with Gasteiger partial charge in [-0.2, -0.15) is 5.26 Å². The highest BCUT2D eigenvalue weighted by Crippen LogP contribution is 2.33. The summed E-state index contributed by atoms with van der Waals surface area (Å²) < 4.78 is 27.6. The Morgan fingerprint density at radius 2 is 1.92 bits per heavy atom. The quantitative estimate of drug-likeness (QED) is 0.760. The summed E-state index contributed by atoms with van der Waals surface area (Å²) in [6.07, 6.45) is -0.0259. The summed E-state index contributed by atoms with van der Waals surface area (Å²) in [7, 11) is 0. The molecule has 0 fully saturated rings. The van der Waals surface area contributed by atoms with E-state index in [0.717, 1.165) is 6.07 Å². The van der Waals surface area contributed by atoms with Crippen molar-refractivity contribution in [2.45, 2.75) is 12.8 Å². The summed E-state index contributed by atoms with van der Waals surface area (Å²) in [5, 5.41) is 18.1. The van der Waals surface area contributed by atoms with Gasteiger partial charge in [-0.3, -0.25) is 4.79 Å². The lowest BCUT2D eigenvalue weighted by atomic mass is 10.0. The first-order valence-corrected chi connectivity index (χ1v) is 7.21. The van der Waals surface area contributed by atoms with E-state index < -0.39 is 17.6 Å². The minimum atomic E-state index is -0.994. The number of hydrogen-bond donors (Lipinski definition) is 2. The van der Waals surface area contributed by atoms with E-state index in [-0.39, 0.29) is 18.4 Å². The van der Waals surface area contributed by atoms with Crippen molar-refractivity contribution in [3.63, 3.8) is 0 Å². The summed E-state index contributed by atoms with van der Waals surface area (Å²) in [4.78, 5) is 13.8. The number of H-pyrrole nitrogens is 1. The molecule has 3 aromatic rings. The molecule has 1 aromatic heterocycles.